The van der Waals surface area contributed by atoms with Crippen LogP contribution >= 0.6 is 0 Å². The fourth-order valence-electron chi connectivity index (χ4n) is 3.88. The van der Waals surface area contributed by atoms with Crippen molar-refractivity contribution in [1.29, 1.82) is 0 Å². The van der Waals surface area contributed by atoms with Crippen LogP contribution in [0.2, 0.25) is 0 Å². The average molecular weight is 387 g/mol. The number of carbonyl (C=O) groups is 2. The lowest BCUT2D eigenvalue weighted by atomic mass is 9.78. The molecule has 0 radical (unpaired) electrons. The molecular formula is C22H29NO5. The molecule has 3 atom stereocenters. The number of benzene rings is 1. The molecule has 152 valence electrons. The number of ether oxygens (including phenoxy) is 2. The van der Waals surface area contributed by atoms with Gasteiger partial charge in [0.05, 0.1) is 6.61 Å². The fraction of sp³-hybridized carbons (Fsp3) is 0.545. The quantitative estimate of drug-likeness (QED) is 0.750. The van der Waals surface area contributed by atoms with Crippen molar-refractivity contribution in [2.75, 3.05) is 13.2 Å². The largest absolute Gasteiger partial charge is 0.494 e. The van der Waals surface area contributed by atoms with Crippen LogP contribution in [0.4, 0.5) is 0 Å². The van der Waals surface area contributed by atoms with Crippen molar-refractivity contribution in [3.8, 4) is 5.75 Å². The van der Waals surface area contributed by atoms with Crippen LogP contribution in [-0.2, 0) is 9.53 Å². The summed E-state index contributed by atoms with van der Waals surface area (Å²) in [7, 11) is 0. The highest BCUT2D eigenvalue weighted by atomic mass is 16.5. The minimum Gasteiger partial charge on any atom is -0.494 e. The first-order chi connectivity index (χ1) is 13.4. The molecule has 0 saturated heterocycles. The van der Waals surface area contributed by atoms with Gasteiger partial charge in [-0.25, -0.2) is 4.79 Å². The third-order valence-corrected chi connectivity index (χ3v) is 5.79. The van der Waals surface area contributed by atoms with E-state index in [0.29, 0.717) is 35.3 Å². The van der Waals surface area contributed by atoms with Crippen LogP contribution in [0.15, 0.2) is 22.6 Å². The van der Waals surface area contributed by atoms with Crippen molar-refractivity contribution in [2.45, 2.75) is 53.0 Å². The first-order valence-corrected chi connectivity index (χ1v) is 10.0. The second kappa shape index (κ2) is 8.67. The summed E-state index contributed by atoms with van der Waals surface area (Å²) in [6.07, 6.45) is 3.27. The number of carbonyl (C=O) groups excluding carboxylic acids is 2. The molecule has 0 unspecified atom stereocenters. The van der Waals surface area contributed by atoms with E-state index >= 15 is 0 Å². The minimum atomic E-state index is -0.633. The van der Waals surface area contributed by atoms with E-state index < -0.39 is 5.97 Å². The average Bonchev–Trinajstić information content (AvgIpc) is 3.00. The Morgan fingerprint density at radius 2 is 2.04 bits per heavy atom. The molecule has 1 N–H and O–H groups in total. The predicted octanol–water partition coefficient (Wildman–Crippen LogP) is 4.24. The fourth-order valence-corrected chi connectivity index (χ4v) is 3.88. The van der Waals surface area contributed by atoms with Gasteiger partial charge in [0.15, 0.2) is 6.61 Å². The molecule has 1 fully saturated rings. The predicted molar refractivity (Wildman–Crippen MR) is 107 cm³/mol. The topological polar surface area (TPSA) is 77.8 Å². The van der Waals surface area contributed by atoms with Gasteiger partial charge in [0, 0.05) is 17.0 Å². The maximum absolute atomic E-state index is 12.4. The van der Waals surface area contributed by atoms with Crippen molar-refractivity contribution >= 4 is 22.8 Å². The van der Waals surface area contributed by atoms with E-state index in [2.05, 4.69) is 19.2 Å². The summed E-state index contributed by atoms with van der Waals surface area (Å²) in [6.45, 7) is 8.33. The molecule has 0 aliphatic heterocycles. The van der Waals surface area contributed by atoms with E-state index in [1.165, 1.54) is 6.42 Å². The molecule has 1 amide bonds. The Morgan fingerprint density at radius 3 is 2.79 bits per heavy atom. The number of esters is 1. The minimum absolute atomic E-state index is 0.121. The van der Waals surface area contributed by atoms with E-state index in [1.807, 2.05) is 13.0 Å². The Morgan fingerprint density at radius 1 is 1.25 bits per heavy atom. The molecule has 1 aromatic heterocycles. The zero-order valence-corrected chi connectivity index (χ0v) is 17.0. The van der Waals surface area contributed by atoms with Crippen LogP contribution < -0.4 is 10.1 Å². The van der Waals surface area contributed by atoms with Crippen LogP contribution in [0.1, 0.15) is 56.2 Å². The number of rotatable bonds is 6. The Labute approximate surface area is 165 Å². The van der Waals surface area contributed by atoms with Crippen LogP contribution in [0.3, 0.4) is 0 Å². The molecular weight excluding hydrogens is 358 g/mol. The Bertz CT molecular complexity index is 856. The van der Waals surface area contributed by atoms with Crippen LogP contribution in [-0.4, -0.2) is 31.1 Å². The Hall–Kier alpha value is -2.50. The zero-order valence-electron chi connectivity index (χ0n) is 17.0. The van der Waals surface area contributed by atoms with Crippen molar-refractivity contribution in [2.24, 2.45) is 11.8 Å². The molecule has 28 heavy (non-hydrogen) atoms. The molecule has 0 spiro atoms. The highest BCUT2D eigenvalue weighted by Crippen LogP contribution is 2.30. The lowest BCUT2D eigenvalue weighted by molar-refractivity contribution is -0.125. The third-order valence-electron chi connectivity index (χ3n) is 5.79. The van der Waals surface area contributed by atoms with Gasteiger partial charge in [0.2, 0.25) is 5.76 Å². The van der Waals surface area contributed by atoms with Gasteiger partial charge in [-0.1, -0.05) is 26.7 Å². The number of fused-ring (bicyclic) bond motifs is 1. The summed E-state index contributed by atoms with van der Waals surface area (Å²) >= 11 is 0. The van der Waals surface area contributed by atoms with Gasteiger partial charge >= 0.3 is 5.97 Å². The summed E-state index contributed by atoms with van der Waals surface area (Å²) in [5.41, 5.74) is 1.26. The normalized spacial score (nSPS) is 22.1. The Balaban J connectivity index is 1.61. The van der Waals surface area contributed by atoms with Crippen molar-refractivity contribution in [1.82, 2.24) is 5.32 Å². The highest BCUT2D eigenvalue weighted by Gasteiger charge is 2.28. The zero-order chi connectivity index (χ0) is 20.3. The molecule has 0 bridgehead atoms. The molecule has 1 aliphatic rings. The highest BCUT2D eigenvalue weighted by molar-refractivity contribution is 5.97. The summed E-state index contributed by atoms with van der Waals surface area (Å²) < 4.78 is 16.3. The molecule has 1 heterocycles. The standard InChI is InChI=1S/C22H29NO5/c1-5-26-16-9-10-19-17(11-16)15(4)21(28-19)22(25)27-12-20(24)23-18-8-6-7-13(2)14(18)3/h9-11,13-14,18H,5-8,12H2,1-4H3,(H,23,24)/t13-,14+,18+/m0/s1. The molecule has 6 nitrogen and oxygen atoms in total. The van der Waals surface area contributed by atoms with Gasteiger partial charge in [-0.3, -0.25) is 4.79 Å². The maximum Gasteiger partial charge on any atom is 0.375 e. The van der Waals surface area contributed by atoms with Crippen molar-refractivity contribution < 1.29 is 23.5 Å². The number of hydrogen-bond donors (Lipinski definition) is 1. The second-order valence-corrected chi connectivity index (χ2v) is 7.66. The first kappa shape index (κ1) is 20.2. The lowest BCUT2D eigenvalue weighted by Gasteiger charge is -2.34. The van der Waals surface area contributed by atoms with Crippen molar-refractivity contribution in [3.05, 3.63) is 29.5 Å². The number of furan rings is 1. The molecule has 2 aromatic rings. The number of hydrogen-bond acceptors (Lipinski definition) is 5. The summed E-state index contributed by atoms with van der Waals surface area (Å²) in [5.74, 6) is 0.940. The van der Waals surface area contributed by atoms with Gasteiger partial charge < -0.3 is 19.2 Å². The molecule has 1 aliphatic carbocycles. The molecule has 1 saturated carbocycles. The second-order valence-electron chi connectivity index (χ2n) is 7.66. The van der Waals surface area contributed by atoms with Gasteiger partial charge in [-0.15, -0.1) is 0 Å². The van der Waals surface area contributed by atoms with Gasteiger partial charge in [0.25, 0.3) is 5.91 Å². The maximum atomic E-state index is 12.4. The van der Waals surface area contributed by atoms with Gasteiger partial charge in [0.1, 0.15) is 11.3 Å². The van der Waals surface area contributed by atoms with Crippen LogP contribution in [0.5, 0.6) is 5.75 Å². The number of nitrogens with one attached hydrogen (secondary N) is 1. The van der Waals surface area contributed by atoms with Gasteiger partial charge in [-0.2, -0.15) is 0 Å². The number of amides is 1. The summed E-state index contributed by atoms with van der Waals surface area (Å²) in [6, 6.07) is 5.54. The van der Waals surface area contributed by atoms with E-state index in [1.54, 1.807) is 19.1 Å². The van der Waals surface area contributed by atoms with Crippen LogP contribution in [0, 0.1) is 18.8 Å². The van der Waals surface area contributed by atoms with Crippen LogP contribution in [0.25, 0.3) is 11.0 Å². The van der Waals surface area contributed by atoms with E-state index in [9.17, 15) is 9.59 Å². The molecule has 3 rings (SSSR count). The molecule has 6 heteroatoms. The lowest BCUT2D eigenvalue weighted by Crippen LogP contribution is -2.45. The molecule has 1 aromatic carbocycles. The smallest absolute Gasteiger partial charge is 0.375 e. The van der Waals surface area contributed by atoms with E-state index in [4.69, 9.17) is 13.9 Å². The Kier molecular flexibility index (Phi) is 6.27. The summed E-state index contributed by atoms with van der Waals surface area (Å²) in [5, 5.41) is 3.80. The first-order valence-electron chi connectivity index (χ1n) is 10.0. The van der Waals surface area contributed by atoms with E-state index in [-0.39, 0.29) is 24.3 Å². The van der Waals surface area contributed by atoms with Gasteiger partial charge in [-0.05, 0) is 50.3 Å². The summed E-state index contributed by atoms with van der Waals surface area (Å²) in [4.78, 5) is 24.7. The number of aryl methyl sites for hydroxylation is 1. The monoisotopic (exact) mass is 387 g/mol. The SMILES string of the molecule is CCOc1ccc2oc(C(=O)OCC(=O)N[C@@H]3CCC[C@H](C)[C@H]3C)c(C)c2c1. The van der Waals surface area contributed by atoms with Crippen molar-refractivity contribution in [3.63, 3.8) is 0 Å². The van der Waals surface area contributed by atoms with E-state index in [0.717, 1.165) is 18.2 Å². The third kappa shape index (κ3) is 4.32.